The molecular weight excluding hydrogens is 218 g/mol. The zero-order valence-electron chi connectivity index (χ0n) is 10.6. The fourth-order valence-electron chi connectivity index (χ4n) is 1.18. The summed E-state index contributed by atoms with van der Waals surface area (Å²) in [6.07, 6.45) is 0. The van der Waals surface area contributed by atoms with Gasteiger partial charge < -0.3 is 4.55 Å². The van der Waals surface area contributed by atoms with Gasteiger partial charge in [-0.15, -0.1) is 0 Å². The number of hydrogen-bond acceptors (Lipinski definition) is 2. The Labute approximate surface area is 101 Å². The Hall–Kier alpha value is -0.800. The predicted molar refractivity (Wildman–Crippen MR) is 71.3 cm³/mol. The lowest BCUT2D eigenvalue weighted by Gasteiger charge is -2.18. The average Bonchev–Trinajstić information content (AvgIpc) is 2.16. The zero-order chi connectivity index (χ0) is 12.3. The first-order chi connectivity index (χ1) is 7.30. The minimum Gasteiger partial charge on any atom is -0.591 e. The van der Waals surface area contributed by atoms with E-state index in [1.807, 2.05) is 52.8 Å². The first kappa shape index (κ1) is 13.3. The van der Waals surface area contributed by atoms with Crippen molar-refractivity contribution in [3.63, 3.8) is 0 Å². The van der Waals surface area contributed by atoms with Gasteiger partial charge in [0.2, 0.25) is 0 Å². The highest BCUT2D eigenvalue weighted by Gasteiger charge is 2.26. The molecule has 0 radical (unpaired) electrons. The summed E-state index contributed by atoms with van der Waals surface area (Å²) >= 11 is -1.19. The summed E-state index contributed by atoms with van der Waals surface area (Å²) in [5, 5.41) is 0. The molecule has 2 nitrogen and oxygen atoms in total. The highest BCUT2D eigenvalue weighted by atomic mass is 32.2. The number of nitrogens with zero attached hydrogens (tertiary/aromatic N) is 1. The molecule has 1 rings (SSSR count). The second-order valence-electron chi connectivity index (χ2n) is 4.91. The third-order valence-electron chi connectivity index (χ3n) is 2.18. The van der Waals surface area contributed by atoms with E-state index in [-0.39, 0.29) is 4.75 Å². The van der Waals surface area contributed by atoms with Gasteiger partial charge in [-0.2, -0.15) is 0 Å². The van der Waals surface area contributed by atoms with Gasteiger partial charge in [0.1, 0.15) is 16.1 Å². The maximum Gasteiger partial charge on any atom is 0.144 e. The second kappa shape index (κ2) is 5.02. The summed E-state index contributed by atoms with van der Waals surface area (Å²) in [7, 11) is 0. The van der Waals surface area contributed by atoms with Gasteiger partial charge in [0, 0.05) is 5.56 Å². The molecule has 0 spiro atoms. The number of hydrogen-bond donors (Lipinski definition) is 0. The van der Waals surface area contributed by atoms with Crippen LogP contribution in [0.4, 0.5) is 0 Å². The van der Waals surface area contributed by atoms with Gasteiger partial charge in [0.15, 0.2) is 0 Å². The first-order valence-corrected chi connectivity index (χ1v) is 6.46. The molecule has 0 aliphatic rings. The van der Waals surface area contributed by atoms with E-state index in [0.29, 0.717) is 0 Å². The lowest BCUT2D eigenvalue weighted by molar-refractivity contribution is 0.561. The minimum absolute atomic E-state index is 0.301. The maximum atomic E-state index is 11.9. The Bertz CT molecular complexity index is 393. The number of aryl methyl sites for hydroxylation is 1. The molecule has 3 heteroatoms. The molecule has 0 aliphatic heterocycles. The Kier molecular flexibility index (Phi) is 4.16. The van der Waals surface area contributed by atoms with E-state index in [0.717, 1.165) is 11.3 Å². The van der Waals surface area contributed by atoms with Gasteiger partial charge in [-0.1, -0.05) is 34.2 Å². The zero-order valence-corrected chi connectivity index (χ0v) is 11.4. The largest absolute Gasteiger partial charge is 0.591 e. The molecule has 16 heavy (non-hydrogen) atoms. The summed E-state index contributed by atoms with van der Waals surface area (Å²) < 4.78 is 15.8. The molecule has 88 valence electrons. The maximum absolute atomic E-state index is 11.9. The molecule has 0 unspecified atom stereocenters. The minimum atomic E-state index is -1.19. The van der Waals surface area contributed by atoms with Gasteiger partial charge in [0.05, 0.1) is 5.71 Å². The van der Waals surface area contributed by atoms with Gasteiger partial charge in [0.25, 0.3) is 0 Å². The summed E-state index contributed by atoms with van der Waals surface area (Å²) in [5.41, 5.74) is 3.06. The smallest absolute Gasteiger partial charge is 0.144 e. The van der Waals surface area contributed by atoms with Crippen LogP contribution in [-0.4, -0.2) is 15.0 Å². The third-order valence-corrected chi connectivity index (χ3v) is 3.67. The Morgan fingerprint density at radius 1 is 1.31 bits per heavy atom. The Morgan fingerprint density at radius 2 is 1.94 bits per heavy atom. The molecule has 0 fully saturated rings. The van der Waals surface area contributed by atoms with E-state index in [1.165, 1.54) is 5.56 Å². The SMILES string of the molecule is C/C(=N\[S@+]([O-])C(C)(C)C)c1cccc(C)c1. The van der Waals surface area contributed by atoms with Crippen LogP contribution in [0.25, 0.3) is 0 Å². The summed E-state index contributed by atoms with van der Waals surface area (Å²) in [4.78, 5) is 0. The highest BCUT2D eigenvalue weighted by molar-refractivity contribution is 7.91. The van der Waals surface area contributed by atoms with Crippen molar-refractivity contribution in [2.45, 2.75) is 39.4 Å². The van der Waals surface area contributed by atoms with Crippen molar-refractivity contribution < 1.29 is 4.55 Å². The van der Waals surface area contributed by atoms with E-state index in [1.54, 1.807) is 0 Å². The van der Waals surface area contributed by atoms with Crippen LogP contribution in [0.15, 0.2) is 28.7 Å². The Morgan fingerprint density at radius 3 is 2.44 bits per heavy atom. The molecule has 0 aliphatic carbocycles. The van der Waals surface area contributed by atoms with Crippen molar-refractivity contribution in [3.05, 3.63) is 35.4 Å². The molecule has 0 saturated heterocycles. The normalized spacial score (nSPS) is 15.0. The molecule has 0 saturated carbocycles. The fraction of sp³-hybridized carbons (Fsp3) is 0.462. The van der Waals surface area contributed by atoms with Crippen LogP contribution in [0.1, 0.15) is 38.8 Å². The second-order valence-corrected chi connectivity index (χ2v) is 6.81. The molecule has 1 aromatic carbocycles. The third kappa shape index (κ3) is 3.65. The average molecular weight is 237 g/mol. The summed E-state index contributed by atoms with van der Waals surface area (Å²) in [6, 6.07) is 8.07. The predicted octanol–water partition coefficient (Wildman–Crippen LogP) is 3.27. The standard InChI is InChI=1S/C13H19NOS/c1-10-7-6-8-12(9-10)11(2)14-16(15)13(3,4)5/h6-9H,1-5H3/b14-11+/t16-/m1/s1. The first-order valence-electron chi connectivity index (χ1n) is 5.35. The summed E-state index contributed by atoms with van der Waals surface area (Å²) in [6.45, 7) is 9.72. The molecule has 0 heterocycles. The topological polar surface area (TPSA) is 35.4 Å². The van der Waals surface area contributed by atoms with E-state index < -0.39 is 11.4 Å². The highest BCUT2D eigenvalue weighted by Crippen LogP contribution is 2.18. The molecular formula is C13H19NOS. The molecule has 0 bridgehead atoms. The van der Waals surface area contributed by atoms with Gasteiger partial charge in [-0.25, -0.2) is 0 Å². The molecule has 0 amide bonds. The van der Waals surface area contributed by atoms with E-state index in [2.05, 4.69) is 10.5 Å². The van der Waals surface area contributed by atoms with E-state index >= 15 is 0 Å². The molecule has 1 aromatic rings. The monoisotopic (exact) mass is 237 g/mol. The van der Waals surface area contributed by atoms with Crippen molar-refractivity contribution in [3.8, 4) is 0 Å². The lowest BCUT2D eigenvalue weighted by Crippen LogP contribution is -2.26. The van der Waals surface area contributed by atoms with Gasteiger partial charge in [-0.05, 0) is 34.6 Å². The van der Waals surface area contributed by atoms with Crippen LogP contribution < -0.4 is 0 Å². The van der Waals surface area contributed by atoms with Crippen LogP contribution in [0.2, 0.25) is 0 Å². The van der Waals surface area contributed by atoms with Crippen LogP contribution >= 0.6 is 0 Å². The van der Waals surface area contributed by atoms with Crippen molar-refractivity contribution >= 4 is 17.1 Å². The lowest BCUT2D eigenvalue weighted by atomic mass is 10.1. The Balaban J connectivity index is 2.94. The quantitative estimate of drug-likeness (QED) is 0.574. The number of benzene rings is 1. The van der Waals surface area contributed by atoms with Crippen molar-refractivity contribution in [1.82, 2.24) is 0 Å². The van der Waals surface area contributed by atoms with Crippen molar-refractivity contribution in [2.24, 2.45) is 4.40 Å². The molecule has 0 aromatic heterocycles. The van der Waals surface area contributed by atoms with Crippen molar-refractivity contribution in [2.75, 3.05) is 0 Å². The number of rotatable bonds is 2. The van der Waals surface area contributed by atoms with Crippen LogP contribution in [0.3, 0.4) is 0 Å². The van der Waals surface area contributed by atoms with Crippen LogP contribution in [0.5, 0.6) is 0 Å². The van der Waals surface area contributed by atoms with Crippen LogP contribution in [-0.2, 0) is 11.4 Å². The van der Waals surface area contributed by atoms with E-state index in [4.69, 9.17) is 0 Å². The summed E-state index contributed by atoms with van der Waals surface area (Å²) in [5.74, 6) is 0. The molecule has 0 N–H and O–H groups in total. The van der Waals surface area contributed by atoms with Gasteiger partial charge >= 0.3 is 0 Å². The van der Waals surface area contributed by atoms with Crippen molar-refractivity contribution in [1.29, 1.82) is 0 Å². The van der Waals surface area contributed by atoms with E-state index in [9.17, 15) is 4.55 Å². The van der Waals surface area contributed by atoms with Gasteiger partial charge in [-0.3, -0.25) is 0 Å². The fourth-order valence-corrected chi connectivity index (χ4v) is 1.81. The molecule has 1 atom stereocenters. The van der Waals surface area contributed by atoms with Crippen LogP contribution in [0, 0.1) is 6.92 Å².